The highest BCUT2D eigenvalue weighted by Gasteiger charge is 2.53. The van der Waals surface area contributed by atoms with Gasteiger partial charge in [-0.15, -0.1) is 0 Å². The molecule has 0 saturated heterocycles. The predicted octanol–water partition coefficient (Wildman–Crippen LogP) is 14.2. The van der Waals surface area contributed by atoms with Crippen LogP contribution < -0.4 is 10.1 Å². The van der Waals surface area contributed by atoms with E-state index in [4.69, 9.17) is 4.74 Å². The molecular weight excluding hydrogens is 667 g/mol. The smallest absolute Gasteiger partial charge is 0.132 e. The fourth-order valence-corrected chi connectivity index (χ4v) is 9.04. The molecule has 0 saturated carbocycles. The maximum atomic E-state index is 7.27. The highest BCUT2D eigenvalue weighted by atomic mass is 16.5. The van der Waals surface area contributed by atoms with E-state index in [1.165, 1.54) is 50.1 Å². The van der Waals surface area contributed by atoms with E-state index < -0.39 is 5.41 Å². The topological polar surface area (TPSA) is 21.3 Å². The van der Waals surface area contributed by atoms with Crippen LogP contribution in [-0.4, -0.2) is 0 Å². The predicted molar refractivity (Wildman–Crippen MR) is 229 cm³/mol. The lowest BCUT2D eigenvalue weighted by atomic mass is 9.70. The number of ether oxygens (including phenoxy) is 1. The Morgan fingerprint density at radius 1 is 0.436 bits per heavy atom. The van der Waals surface area contributed by atoms with Crippen molar-refractivity contribution in [1.29, 1.82) is 0 Å². The summed E-state index contributed by atoms with van der Waals surface area (Å²) < 4.78 is 7.27. The SMILES string of the molecule is CC(C)(C)c1cc(Nc2c(-c3ccccc3)cccc2-c2ccccc2)cc(Oc2cccc3c2C2(c4ccccc4-c4ccccc42)c2ccccc2-3)c1. The molecule has 2 nitrogen and oxygen atoms in total. The first-order chi connectivity index (χ1) is 26.9. The number of hydrogen-bond acceptors (Lipinski definition) is 2. The second kappa shape index (κ2) is 12.7. The van der Waals surface area contributed by atoms with Crippen molar-refractivity contribution in [3.8, 4) is 56.0 Å². The molecule has 8 aromatic rings. The van der Waals surface area contributed by atoms with Crippen LogP contribution in [0.5, 0.6) is 11.5 Å². The van der Waals surface area contributed by atoms with Gasteiger partial charge in [0.25, 0.3) is 0 Å². The zero-order valence-electron chi connectivity index (χ0n) is 31.3. The summed E-state index contributed by atoms with van der Waals surface area (Å²) in [5.41, 5.74) is 17.3. The largest absolute Gasteiger partial charge is 0.457 e. The minimum absolute atomic E-state index is 0.129. The van der Waals surface area contributed by atoms with Gasteiger partial charge >= 0.3 is 0 Å². The van der Waals surface area contributed by atoms with E-state index >= 15 is 0 Å². The van der Waals surface area contributed by atoms with E-state index in [2.05, 4.69) is 214 Å². The Morgan fingerprint density at radius 2 is 0.891 bits per heavy atom. The van der Waals surface area contributed by atoms with Crippen molar-refractivity contribution >= 4 is 11.4 Å². The maximum absolute atomic E-state index is 7.27. The summed E-state index contributed by atoms with van der Waals surface area (Å²) in [5, 5.41) is 3.94. The summed E-state index contributed by atoms with van der Waals surface area (Å²) in [7, 11) is 0. The first-order valence-corrected chi connectivity index (χ1v) is 19.2. The first kappa shape index (κ1) is 33.0. The first-order valence-electron chi connectivity index (χ1n) is 19.2. The lowest BCUT2D eigenvalue weighted by Crippen LogP contribution is -2.26. The Morgan fingerprint density at radius 3 is 1.44 bits per heavy atom. The van der Waals surface area contributed by atoms with E-state index in [9.17, 15) is 0 Å². The van der Waals surface area contributed by atoms with Crippen LogP contribution in [0.2, 0.25) is 0 Å². The third-order valence-corrected chi connectivity index (χ3v) is 11.5. The molecule has 10 rings (SSSR count). The number of anilines is 2. The number of rotatable bonds is 6. The molecule has 0 aromatic heterocycles. The van der Waals surface area contributed by atoms with Gasteiger partial charge in [0, 0.05) is 28.4 Å². The molecule has 2 aliphatic carbocycles. The van der Waals surface area contributed by atoms with E-state index in [-0.39, 0.29) is 5.41 Å². The van der Waals surface area contributed by atoms with E-state index in [0.717, 1.165) is 45.1 Å². The molecule has 0 heterocycles. The maximum Gasteiger partial charge on any atom is 0.132 e. The van der Waals surface area contributed by atoms with Crippen LogP contribution in [0.15, 0.2) is 188 Å². The van der Waals surface area contributed by atoms with Gasteiger partial charge in [0.2, 0.25) is 0 Å². The van der Waals surface area contributed by atoms with Crippen LogP contribution in [0.25, 0.3) is 44.5 Å². The normalized spacial score (nSPS) is 13.1. The Bertz CT molecular complexity index is 2620. The van der Waals surface area contributed by atoms with Crippen LogP contribution in [0.1, 0.15) is 48.6 Å². The van der Waals surface area contributed by atoms with Gasteiger partial charge < -0.3 is 10.1 Å². The van der Waals surface area contributed by atoms with Crippen molar-refractivity contribution in [2.24, 2.45) is 0 Å². The molecule has 1 N–H and O–H groups in total. The van der Waals surface area contributed by atoms with Gasteiger partial charge in [-0.2, -0.15) is 0 Å². The van der Waals surface area contributed by atoms with Crippen molar-refractivity contribution in [2.45, 2.75) is 31.6 Å². The fourth-order valence-electron chi connectivity index (χ4n) is 9.04. The summed E-state index contributed by atoms with van der Waals surface area (Å²) in [6.07, 6.45) is 0. The second-order valence-electron chi connectivity index (χ2n) is 15.7. The van der Waals surface area contributed by atoms with Crippen molar-refractivity contribution in [3.63, 3.8) is 0 Å². The molecule has 8 aromatic carbocycles. The molecule has 0 bridgehead atoms. The molecule has 0 radical (unpaired) electrons. The van der Waals surface area contributed by atoms with Crippen LogP contribution >= 0.6 is 0 Å². The number of hydrogen-bond donors (Lipinski definition) is 1. The number of benzene rings is 8. The average molecular weight is 708 g/mol. The monoisotopic (exact) mass is 707 g/mol. The van der Waals surface area contributed by atoms with Gasteiger partial charge in [-0.3, -0.25) is 0 Å². The van der Waals surface area contributed by atoms with Crippen molar-refractivity contribution in [1.82, 2.24) is 0 Å². The minimum atomic E-state index is -0.502. The molecule has 264 valence electrons. The number of nitrogens with one attached hydrogen (secondary N) is 1. The molecule has 55 heavy (non-hydrogen) atoms. The lowest BCUT2D eigenvalue weighted by Gasteiger charge is -2.31. The molecule has 0 aliphatic heterocycles. The van der Waals surface area contributed by atoms with Gasteiger partial charge in [-0.05, 0) is 79.2 Å². The zero-order chi connectivity index (χ0) is 37.1. The van der Waals surface area contributed by atoms with Crippen LogP contribution in [-0.2, 0) is 10.8 Å². The third-order valence-electron chi connectivity index (χ3n) is 11.5. The third kappa shape index (κ3) is 5.24. The summed E-state index contributed by atoms with van der Waals surface area (Å²) in [4.78, 5) is 0. The summed E-state index contributed by atoms with van der Waals surface area (Å²) in [6.45, 7) is 6.80. The summed E-state index contributed by atoms with van der Waals surface area (Å²) in [5.74, 6) is 1.67. The molecule has 2 aliphatic rings. The van der Waals surface area contributed by atoms with Crippen molar-refractivity contribution in [3.05, 3.63) is 216 Å². The van der Waals surface area contributed by atoms with Crippen LogP contribution in [0, 0.1) is 0 Å². The van der Waals surface area contributed by atoms with Gasteiger partial charge in [0.05, 0.1) is 11.1 Å². The molecule has 2 heteroatoms. The highest BCUT2D eigenvalue weighted by molar-refractivity contribution is 5.97. The van der Waals surface area contributed by atoms with Crippen molar-refractivity contribution < 1.29 is 4.74 Å². The van der Waals surface area contributed by atoms with E-state index in [0.29, 0.717) is 0 Å². The highest BCUT2D eigenvalue weighted by Crippen LogP contribution is 2.64. The molecule has 0 unspecified atom stereocenters. The second-order valence-corrected chi connectivity index (χ2v) is 15.7. The lowest BCUT2D eigenvalue weighted by molar-refractivity contribution is 0.468. The molecule has 0 fully saturated rings. The fraction of sp³-hybridized carbons (Fsp3) is 0.0943. The number of para-hydroxylation sites is 1. The van der Waals surface area contributed by atoms with Crippen molar-refractivity contribution in [2.75, 3.05) is 5.32 Å². The zero-order valence-corrected chi connectivity index (χ0v) is 31.3. The Labute approximate surface area is 323 Å². The summed E-state index contributed by atoms with van der Waals surface area (Å²) in [6, 6.07) is 67.8. The number of fused-ring (bicyclic) bond motifs is 10. The molecule has 0 amide bonds. The van der Waals surface area contributed by atoms with Gasteiger partial charge in [0.1, 0.15) is 11.5 Å². The standard InChI is InChI=1S/C53H41NO/c1-52(2,3)37-32-38(54-51-40(35-18-6-4-7-19-35)25-16-26-41(51)36-20-8-5-9-21-36)34-39(33-37)55-49-31-17-27-45-44-24-12-15-30-48(44)53(50(45)49)46-28-13-10-22-42(46)43-23-11-14-29-47(43)53/h4-34,54H,1-3H3. The van der Waals surface area contributed by atoms with Gasteiger partial charge in [-0.25, -0.2) is 0 Å². The van der Waals surface area contributed by atoms with E-state index in [1.54, 1.807) is 0 Å². The van der Waals surface area contributed by atoms with Crippen LogP contribution in [0.3, 0.4) is 0 Å². The molecule has 0 atom stereocenters. The summed E-state index contributed by atoms with van der Waals surface area (Å²) >= 11 is 0. The Balaban J connectivity index is 1.15. The Hall–Kier alpha value is -6.64. The molecular formula is C53H41NO. The minimum Gasteiger partial charge on any atom is -0.457 e. The average Bonchev–Trinajstić information content (AvgIpc) is 3.69. The van der Waals surface area contributed by atoms with Gasteiger partial charge in [-0.1, -0.05) is 185 Å². The van der Waals surface area contributed by atoms with Crippen LogP contribution in [0.4, 0.5) is 11.4 Å². The quantitative estimate of drug-likeness (QED) is 0.186. The Kier molecular flexibility index (Phi) is 7.64. The van der Waals surface area contributed by atoms with E-state index in [1.807, 2.05) is 0 Å². The van der Waals surface area contributed by atoms with Gasteiger partial charge in [0.15, 0.2) is 0 Å². The molecule has 1 spiro atoms.